The minimum atomic E-state index is -4.47. The first-order chi connectivity index (χ1) is 16.4. The molecule has 0 atom stereocenters. The second-order valence-electron chi connectivity index (χ2n) is 8.47. The van der Waals surface area contributed by atoms with Gasteiger partial charge >= 0.3 is 6.18 Å². The minimum Gasteiger partial charge on any atom is -0.492 e. The van der Waals surface area contributed by atoms with E-state index in [0.29, 0.717) is 35.0 Å². The minimum absolute atomic E-state index is 0.181. The van der Waals surface area contributed by atoms with Gasteiger partial charge < -0.3 is 10.5 Å². The number of carbonyl (C=O) groups is 1. The molecule has 1 amide bonds. The molecule has 1 aliphatic heterocycles. The van der Waals surface area contributed by atoms with Crippen LogP contribution in [0.3, 0.4) is 0 Å². The highest BCUT2D eigenvalue weighted by Gasteiger charge is 2.33. The average Bonchev–Trinajstić information content (AvgIpc) is 3.41. The molecule has 0 fully saturated rings. The van der Waals surface area contributed by atoms with Gasteiger partial charge in [-0.3, -0.25) is 19.9 Å². The SMILES string of the molecule is CNN(CC(F)(F)F)C(=N)c1nc2c(s1)CCOc1cc(-c3cnn(C(C)(C)C(N)=O)c3)ccc1-2. The van der Waals surface area contributed by atoms with Gasteiger partial charge in [-0.2, -0.15) is 18.3 Å². The number of nitrogens with one attached hydrogen (secondary N) is 2. The maximum absolute atomic E-state index is 12.9. The molecule has 0 unspecified atom stereocenters. The third-order valence-corrected chi connectivity index (χ3v) is 6.81. The van der Waals surface area contributed by atoms with Gasteiger partial charge in [0.15, 0.2) is 10.8 Å². The Kier molecular flexibility index (Phi) is 6.32. The molecule has 1 aliphatic rings. The Bertz CT molecular complexity index is 1280. The zero-order valence-electron chi connectivity index (χ0n) is 19.2. The van der Waals surface area contributed by atoms with Crippen molar-refractivity contribution >= 4 is 23.1 Å². The summed E-state index contributed by atoms with van der Waals surface area (Å²) in [7, 11) is 1.33. The molecule has 0 saturated heterocycles. The van der Waals surface area contributed by atoms with Crippen molar-refractivity contribution in [2.24, 2.45) is 5.73 Å². The average molecular weight is 508 g/mol. The molecule has 0 bridgehead atoms. The second-order valence-corrected chi connectivity index (χ2v) is 9.55. The number of halogens is 3. The number of amides is 1. The normalized spacial score (nSPS) is 13.4. The number of ether oxygens (including phenoxy) is 1. The number of hydrogen-bond acceptors (Lipinski definition) is 7. The fourth-order valence-corrected chi connectivity index (χ4v) is 4.57. The largest absolute Gasteiger partial charge is 0.492 e. The molecule has 0 saturated carbocycles. The Morgan fingerprint density at radius 3 is 2.74 bits per heavy atom. The Balaban J connectivity index is 1.66. The fraction of sp³-hybridized carbons (Fsp3) is 0.364. The van der Waals surface area contributed by atoms with Crippen LogP contribution in [0, 0.1) is 5.41 Å². The van der Waals surface area contributed by atoms with Gasteiger partial charge in [-0.05, 0) is 31.5 Å². The monoisotopic (exact) mass is 507 g/mol. The summed E-state index contributed by atoms with van der Waals surface area (Å²) in [4.78, 5) is 17.1. The van der Waals surface area contributed by atoms with Crippen LogP contribution < -0.4 is 15.9 Å². The number of primary amides is 1. The number of nitrogens with two attached hydrogens (primary N) is 1. The molecule has 4 N–H and O–H groups in total. The molecular weight excluding hydrogens is 483 g/mol. The number of benzene rings is 1. The number of hydrazine groups is 1. The summed E-state index contributed by atoms with van der Waals surface area (Å²) in [5, 5.41) is 13.4. The molecule has 3 heterocycles. The first kappa shape index (κ1) is 24.7. The lowest BCUT2D eigenvalue weighted by Gasteiger charge is -2.23. The highest BCUT2D eigenvalue weighted by atomic mass is 32.1. The van der Waals surface area contributed by atoms with Crippen molar-refractivity contribution < 1.29 is 22.7 Å². The predicted molar refractivity (Wildman–Crippen MR) is 125 cm³/mol. The van der Waals surface area contributed by atoms with E-state index in [1.54, 1.807) is 26.2 Å². The highest BCUT2D eigenvalue weighted by molar-refractivity contribution is 7.14. The summed E-state index contributed by atoms with van der Waals surface area (Å²) in [5.41, 5.74) is 9.72. The van der Waals surface area contributed by atoms with E-state index in [9.17, 15) is 18.0 Å². The summed E-state index contributed by atoms with van der Waals surface area (Å²) in [6, 6.07) is 5.50. The van der Waals surface area contributed by atoms with Crippen molar-refractivity contribution in [2.45, 2.75) is 32.0 Å². The Morgan fingerprint density at radius 2 is 2.09 bits per heavy atom. The summed E-state index contributed by atoms with van der Waals surface area (Å²) >= 11 is 1.18. The van der Waals surface area contributed by atoms with Crippen LogP contribution >= 0.6 is 11.3 Å². The lowest BCUT2D eigenvalue weighted by molar-refractivity contribution is -0.141. The summed E-state index contributed by atoms with van der Waals surface area (Å²) in [5.74, 6) is -0.305. The zero-order chi connectivity index (χ0) is 25.5. The fourth-order valence-electron chi connectivity index (χ4n) is 3.56. The molecule has 0 spiro atoms. The van der Waals surface area contributed by atoms with Crippen molar-refractivity contribution in [3.8, 4) is 28.1 Å². The maximum atomic E-state index is 12.9. The van der Waals surface area contributed by atoms with Crippen LogP contribution in [0.15, 0.2) is 30.6 Å². The van der Waals surface area contributed by atoms with Crippen molar-refractivity contribution in [2.75, 3.05) is 20.2 Å². The van der Waals surface area contributed by atoms with E-state index in [1.165, 1.54) is 23.1 Å². The third-order valence-electron chi connectivity index (χ3n) is 5.69. The topological polar surface area (TPSA) is 122 Å². The van der Waals surface area contributed by atoms with Gasteiger partial charge in [0, 0.05) is 35.7 Å². The first-order valence-electron chi connectivity index (χ1n) is 10.6. The quantitative estimate of drug-likeness (QED) is 0.268. The van der Waals surface area contributed by atoms with Crippen LogP contribution in [-0.4, -0.2) is 57.9 Å². The van der Waals surface area contributed by atoms with E-state index in [0.717, 1.165) is 16.0 Å². The molecule has 35 heavy (non-hydrogen) atoms. The summed E-state index contributed by atoms with van der Waals surface area (Å²) < 4.78 is 46.1. The van der Waals surface area contributed by atoms with Gasteiger partial charge in [0.2, 0.25) is 5.91 Å². The molecule has 2 aromatic heterocycles. The van der Waals surface area contributed by atoms with E-state index in [1.807, 2.05) is 18.2 Å². The van der Waals surface area contributed by atoms with Crippen molar-refractivity contribution in [3.05, 3.63) is 40.5 Å². The summed E-state index contributed by atoms with van der Waals surface area (Å²) in [6.07, 6.45) is -0.609. The van der Waals surface area contributed by atoms with E-state index < -0.39 is 24.2 Å². The van der Waals surface area contributed by atoms with E-state index >= 15 is 0 Å². The first-order valence-corrected chi connectivity index (χ1v) is 11.5. The maximum Gasteiger partial charge on any atom is 0.407 e. The summed E-state index contributed by atoms with van der Waals surface area (Å²) in [6.45, 7) is 2.39. The number of rotatable bonds is 6. The zero-order valence-corrected chi connectivity index (χ0v) is 20.0. The number of amidine groups is 1. The molecular formula is C22H24F3N7O2S. The van der Waals surface area contributed by atoms with Crippen LogP contribution in [0.1, 0.15) is 23.7 Å². The Morgan fingerprint density at radius 1 is 1.34 bits per heavy atom. The predicted octanol–water partition coefficient (Wildman–Crippen LogP) is 3.15. The standard InChI is InChI=1S/C22H24F3N7O2S/c1-21(2,20(27)33)32-10-13(9-29-32)12-4-5-14-15(8-12)34-7-6-16-17(14)30-19(35-16)18(26)31(28-3)11-22(23,24)25/h4-5,8-10,26,28H,6-7,11H2,1-3H3,(H2,27,33). The molecule has 0 radical (unpaired) electrons. The number of aromatic nitrogens is 3. The molecule has 4 rings (SSSR count). The van der Waals surface area contributed by atoms with Crippen LogP contribution in [0.2, 0.25) is 0 Å². The lowest BCUT2D eigenvalue weighted by Crippen LogP contribution is -2.46. The molecule has 1 aromatic carbocycles. The lowest BCUT2D eigenvalue weighted by atomic mass is 10.0. The Hall–Kier alpha value is -3.45. The van der Waals surface area contributed by atoms with Crippen LogP contribution in [0.5, 0.6) is 5.75 Å². The van der Waals surface area contributed by atoms with Crippen molar-refractivity contribution in [1.82, 2.24) is 25.2 Å². The van der Waals surface area contributed by atoms with Gasteiger partial charge in [-0.25, -0.2) is 10.4 Å². The molecule has 0 aliphatic carbocycles. The number of nitrogens with zero attached hydrogens (tertiary/aromatic N) is 4. The number of carbonyl (C=O) groups excluding carboxylic acids is 1. The van der Waals surface area contributed by atoms with E-state index in [4.69, 9.17) is 15.9 Å². The smallest absolute Gasteiger partial charge is 0.407 e. The van der Waals surface area contributed by atoms with Crippen molar-refractivity contribution in [1.29, 1.82) is 5.41 Å². The van der Waals surface area contributed by atoms with E-state index in [2.05, 4.69) is 15.5 Å². The number of fused-ring (bicyclic) bond motifs is 3. The van der Waals surface area contributed by atoms with Gasteiger partial charge in [-0.15, -0.1) is 11.3 Å². The molecule has 13 heteroatoms. The molecule has 9 nitrogen and oxygen atoms in total. The van der Waals surface area contributed by atoms with Crippen LogP contribution in [-0.2, 0) is 16.8 Å². The van der Waals surface area contributed by atoms with Crippen molar-refractivity contribution in [3.63, 3.8) is 0 Å². The second kappa shape index (κ2) is 8.96. The molecule has 3 aromatic rings. The number of thiazole rings is 1. The highest BCUT2D eigenvalue weighted by Crippen LogP contribution is 2.40. The number of alkyl halides is 3. The third kappa shape index (κ3) is 4.86. The molecule has 186 valence electrons. The van der Waals surface area contributed by atoms with Gasteiger partial charge in [0.1, 0.15) is 17.8 Å². The van der Waals surface area contributed by atoms with E-state index in [-0.39, 0.29) is 10.8 Å². The Labute approximate surface area is 203 Å². The van der Waals surface area contributed by atoms with Gasteiger partial charge in [0.25, 0.3) is 0 Å². The van der Waals surface area contributed by atoms with Crippen LogP contribution in [0.25, 0.3) is 22.4 Å². The number of hydrogen-bond donors (Lipinski definition) is 3. The van der Waals surface area contributed by atoms with Gasteiger partial charge in [-0.1, -0.05) is 6.07 Å². The van der Waals surface area contributed by atoms with Gasteiger partial charge in [0.05, 0.1) is 18.5 Å². The van der Waals surface area contributed by atoms with Crippen LogP contribution in [0.4, 0.5) is 13.2 Å².